The number of pyridine rings is 1. The summed E-state index contributed by atoms with van der Waals surface area (Å²) in [4.78, 5) is 18.5. The summed E-state index contributed by atoms with van der Waals surface area (Å²) >= 11 is 3.57. The van der Waals surface area contributed by atoms with Gasteiger partial charge >= 0.3 is 0 Å². The Labute approximate surface area is 168 Å². The van der Waals surface area contributed by atoms with Crippen LogP contribution in [-0.4, -0.2) is 44.0 Å². The predicted octanol–water partition coefficient (Wildman–Crippen LogP) is 4.75. The van der Waals surface area contributed by atoms with Crippen molar-refractivity contribution in [2.75, 3.05) is 30.0 Å². The summed E-state index contributed by atoms with van der Waals surface area (Å²) in [5.74, 6) is 2.44. The van der Waals surface area contributed by atoms with E-state index in [0.29, 0.717) is 5.95 Å². The molecule has 3 aromatic heterocycles. The van der Waals surface area contributed by atoms with Crippen LogP contribution in [0, 0.1) is 13.8 Å². The number of hydrogen-bond acceptors (Lipinski definition) is 8. The van der Waals surface area contributed by atoms with Gasteiger partial charge in [-0.15, -0.1) is 11.3 Å². The molecule has 0 saturated carbocycles. The summed E-state index contributed by atoms with van der Waals surface area (Å²) in [6, 6.07) is 2.00. The molecule has 3 heterocycles. The maximum absolute atomic E-state index is 4.80. The van der Waals surface area contributed by atoms with Gasteiger partial charge in [0.15, 0.2) is 0 Å². The summed E-state index contributed by atoms with van der Waals surface area (Å²) in [6.07, 6.45) is 1.82. The summed E-state index contributed by atoms with van der Waals surface area (Å²) in [5.41, 5.74) is 3.74. The van der Waals surface area contributed by atoms with Crippen LogP contribution in [0.25, 0.3) is 20.8 Å². The molecule has 2 N–H and O–H groups in total. The first-order chi connectivity index (χ1) is 12.8. The van der Waals surface area contributed by atoms with Gasteiger partial charge in [-0.25, -0.2) is 9.97 Å². The van der Waals surface area contributed by atoms with Crippen LogP contribution in [0.4, 0.5) is 11.8 Å². The van der Waals surface area contributed by atoms with Crippen LogP contribution in [-0.2, 0) is 0 Å². The van der Waals surface area contributed by atoms with Crippen LogP contribution in [0.3, 0.4) is 0 Å². The molecule has 8 heteroatoms. The van der Waals surface area contributed by atoms with E-state index in [1.807, 2.05) is 44.9 Å². The highest BCUT2D eigenvalue weighted by atomic mass is 32.2. The molecule has 27 heavy (non-hydrogen) atoms. The SMILES string of the molecule is CNc1nc(NCCSC(C)(C)C)nc(C)c1-c1nc2c(C)nccc2s1. The Balaban J connectivity index is 1.86. The van der Waals surface area contributed by atoms with Gasteiger partial charge in [-0.3, -0.25) is 4.98 Å². The Bertz CT molecular complexity index is 945. The highest BCUT2D eigenvalue weighted by Crippen LogP contribution is 2.36. The molecule has 144 valence electrons. The average Bonchev–Trinajstić information content (AvgIpc) is 3.02. The minimum atomic E-state index is 0.262. The number of nitrogens with zero attached hydrogens (tertiary/aromatic N) is 4. The number of rotatable bonds is 6. The van der Waals surface area contributed by atoms with Gasteiger partial charge in [0.05, 0.1) is 21.7 Å². The van der Waals surface area contributed by atoms with E-state index in [-0.39, 0.29) is 4.75 Å². The fraction of sp³-hybridized carbons (Fsp3) is 0.474. The van der Waals surface area contributed by atoms with Gasteiger partial charge in [0.2, 0.25) is 5.95 Å². The predicted molar refractivity (Wildman–Crippen MR) is 118 cm³/mol. The minimum Gasteiger partial charge on any atom is -0.372 e. The third-order valence-corrected chi connectivity index (χ3v) is 6.26. The number of thioether (sulfide) groups is 1. The highest BCUT2D eigenvalue weighted by Gasteiger charge is 2.18. The van der Waals surface area contributed by atoms with E-state index in [1.165, 1.54) is 0 Å². The van der Waals surface area contributed by atoms with E-state index in [4.69, 9.17) is 4.98 Å². The lowest BCUT2D eigenvalue weighted by Gasteiger charge is -2.17. The van der Waals surface area contributed by atoms with Gasteiger partial charge in [0.25, 0.3) is 0 Å². The molecule has 0 aliphatic heterocycles. The third kappa shape index (κ3) is 4.68. The Kier molecular flexibility index (Phi) is 5.86. The van der Waals surface area contributed by atoms with Crippen molar-refractivity contribution in [3.63, 3.8) is 0 Å². The van der Waals surface area contributed by atoms with Crippen molar-refractivity contribution < 1.29 is 0 Å². The molecule has 0 aliphatic rings. The van der Waals surface area contributed by atoms with E-state index in [0.717, 1.165) is 50.3 Å². The van der Waals surface area contributed by atoms with Gasteiger partial charge in [-0.05, 0) is 19.9 Å². The van der Waals surface area contributed by atoms with Crippen LogP contribution >= 0.6 is 23.1 Å². The first kappa shape index (κ1) is 19.8. The largest absolute Gasteiger partial charge is 0.372 e. The topological polar surface area (TPSA) is 75.6 Å². The fourth-order valence-corrected chi connectivity index (χ4v) is 4.63. The Morgan fingerprint density at radius 3 is 2.56 bits per heavy atom. The van der Waals surface area contributed by atoms with Crippen molar-refractivity contribution in [3.05, 3.63) is 23.7 Å². The molecular formula is C19H26N6S2. The second kappa shape index (κ2) is 7.98. The van der Waals surface area contributed by atoms with Gasteiger partial charge in [0.1, 0.15) is 16.3 Å². The molecule has 0 unspecified atom stereocenters. The molecule has 0 amide bonds. The number of aromatic nitrogens is 4. The van der Waals surface area contributed by atoms with Crippen molar-refractivity contribution >= 4 is 45.1 Å². The van der Waals surface area contributed by atoms with Crippen molar-refractivity contribution in [1.29, 1.82) is 0 Å². The monoisotopic (exact) mass is 402 g/mol. The van der Waals surface area contributed by atoms with Crippen LogP contribution in [0.15, 0.2) is 12.3 Å². The van der Waals surface area contributed by atoms with Gasteiger partial charge < -0.3 is 10.6 Å². The lowest BCUT2D eigenvalue weighted by molar-refractivity contribution is 0.802. The lowest BCUT2D eigenvalue weighted by atomic mass is 10.2. The van der Waals surface area contributed by atoms with Crippen LogP contribution < -0.4 is 10.6 Å². The van der Waals surface area contributed by atoms with Gasteiger partial charge in [0, 0.05) is 30.3 Å². The van der Waals surface area contributed by atoms with Crippen molar-refractivity contribution in [3.8, 4) is 10.6 Å². The van der Waals surface area contributed by atoms with Crippen LogP contribution in [0.2, 0.25) is 0 Å². The number of aryl methyl sites for hydroxylation is 2. The lowest BCUT2D eigenvalue weighted by Crippen LogP contribution is -2.15. The van der Waals surface area contributed by atoms with E-state index in [1.54, 1.807) is 11.3 Å². The van der Waals surface area contributed by atoms with Crippen molar-refractivity contribution in [1.82, 2.24) is 19.9 Å². The standard InChI is InChI=1S/C19H26N6S2/c1-11-14(17-24-15-12(2)21-8-7-13(15)27-17)16(20-6)25-18(23-11)22-9-10-26-19(3,4)5/h7-8H,9-10H2,1-6H3,(H2,20,22,23,25). The van der Waals surface area contributed by atoms with Gasteiger partial charge in [-0.1, -0.05) is 20.8 Å². The molecule has 0 saturated heterocycles. The van der Waals surface area contributed by atoms with E-state index in [9.17, 15) is 0 Å². The maximum atomic E-state index is 4.80. The summed E-state index contributed by atoms with van der Waals surface area (Å²) < 4.78 is 1.39. The zero-order valence-electron chi connectivity index (χ0n) is 16.7. The van der Waals surface area contributed by atoms with Crippen molar-refractivity contribution in [2.24, 2.45) is 0 Å². The second-order valence-corrected chi connectivity index (χ2v) is 10.2. The Morgan fingerprint density at radius 1 is 1.11 bits per heavy atom. The number of thiazole rings is 1. The summed E-state index contributed by atoms with van der Waals surface area (Å²) in [5, 5.41) is 7.46. The minimum absolute atomic E-state index is 0.262. The molecule has 0 bridgehead atoms. The van der Waals surface area contributed by atoms with Crippen LogP contribution in [0.1, 0.15) is 32.2 Å². The molecule has 0 aromatic carbocycles. The van der Waals surface area contributed by atoms with E-state index in [2.05, 4.69) is 46.4 Å². The first-order valence-electron chi connectivity index (χ1n) is 8.95. The molecule has 6 nitrogen and oxygen atoms in total. The Morgan fingerprint density at radius 2 is 1.89 bits per heavy atom. The molecule has 0 fully saturated rings. The number of nitrogens with one attached hydrogen (secondary N) is 2. The molecule has 0 radical (unpaired) electrons. The van der Waals surface area contributed by atoms with Crippen LogP contribution in [0.5, 0.6) is 0 Å². The third-order valence-electron chi connectivity index (χ3n) is 3.95. The Hall–Kier alpha value is -1.93. The number of fused-ring (bicyclic) bond motifs is 1. The first-order valence-corrected chi connectivity index (χ1v) is 10.8. The van der Waals surface area contributed by atoms with E-state index < -0.39 is 0 Å². The smallest absolute Gasteiger partial charge is 0.224 e. The molecule has 3 rings (SSSR count). The molecule has 0 spiro atoms. The second-order valence-electron chi connectivity index (χ2n) is 7.26. The number of hydrogen-bond donors (Lipinski definition) is 2. The van der Waals surface area contributed by atoms with E-state index >= 15 is 0 Å². The fourth-order valence-electron chi connectivity index (χ4n) is 2.70. The normalized spacial score (nSPS) is 11.8. The quantitative estimate of drug-likeness (QED) is 0.576. The van der Waals surface area contributed by atoms with Gasteiger partial charge in [-0.2, -0.15) is 16.7 Å². The molecule has 3 aromatic rings. The highest BCUT2D eigenvalue weighted by molar-refractivity contribution is 8.00. The molecular weight excluding hydrogens is 376 g/mol. The molecule has 0 atom stereocenters. The zero-order valence-corrected chi connectivity index (χ0v) is 18.3. The zero-order chi connectivity index (χ0) is 19.6. The average molecular weight is 403 g/mol. The molecule has 0 aliphatic carbocycles. The summed E-state index contributed by atoms with van der Waals surface area (Å²) in [6.45, 7) is 11.5. The van der Waals surface area contributed by atoms with Crippen molar-refractivity contribution in [2.45, 2.75) is 39.4 Å². The maximum Gasteiger partial charge on any atom is 0.224 e. The summed E-state index contributed by atoms with van der Waals surface area (Å²) in [7, 11) is 1.88. The number of anilines is 2.